The van der Waals surface area contributed by atoms with Crippen LogP contribution >= 0.6 is 0 Å². The Balaban J connectivity index is 2.60. The highest BCUT2D eigenvalue weighted by molar-refractivity contribution is 7.95. The topological polar surface area (TPSA) is 49.7 Å². The van der Waals surface area contributed by atoms with Gasteiger partial charge in [-0.15, -0.1) is 0 Å². The molecule has 1 aliphatic rings. The molecule has 1 unspecified atom stereocenters. The van der Waals surface area contributed by atoms with Gasteiger partial charge in [-0.05, 0) is 18.6 Å². The number of benzene rings is 1. The molecule has 1 amide bonds. The molecular weight excluding hydrogens is 236 g/mol. The summed E-state index contributed by atoms with van der Waals surface area (Å²) in [6, 6.07) is 7.48. The predicted octanol–water partition coefficient (Wildman–Crippen LogP) is 2.13. The second-order valence-electron chi connectivity index (χ2n) is 3.97. The van der Waals surface area contributed by atoms with Crippen LogP contribution < -0.4 is 4.31 Å². The maximum absolute atomic E-state index is 12.6. The molecule has 1 heterocycles. The molecule has 4 nitrogen and oxygen atoms in total. The fourth-order valence-corrected chi connectivity index (χ4v) is 3.76. The van der Waals surface area contributed by atoms with E-state index in [4.69, 9.17) is 0 Å². The first-order valence-electron chi connectivity index (χ1n) is 5.68. The largest absolute Gasteiger partial charge is 0.273 e. The third-order valence-corrected chi connectivity index (χ3v) is 5.15. The second kappa shape index (κ2) is 4.49. The number of carbonyl (C=O) groups is 1. The van der Waals surface area contributed by atoms with Gasteiger partial charge in [0.2, 0.25) is 5.91 Å². The monoisotopic (exact) mass is 252 g/mol. The minimum absolute atomic E-state index is 0.0962. The number of amides is 1. The molecule has 0 saturated heterocycles. The molecule has 0 aromatic heterocycles. The Labute approximate surface area is 102 Å². The van der Waals surface area contributed by atoms with Crippen molar-refractivity contribution < 1.29 is 9.00 Å². The Hall–Kier alpha value is -1.36. The highest BCUT2D eigenvalue weighted by Crippen LogP contribution is 2.27. The number of hydrogen-bond donors (Lipinski definition) is 0. The van der Waals surface area contributed by atoms with E-state index >= 15 is 0 Å². The van der Waals surface area contributed by atoms with Gasteiger partial charge in [-0.25, -0.2) is 12.9 Å². The van der Waals surface area contributed by atoms with Crippen LogP contribution in [0.25, 0.3) is 0 Å². The Morgan fingerprint density at radius 2 is 2.12 bits per heavy atom. The summed E-state index contributed by atoms with van der Waals surface area (Å²) in [7, 11) is -2.58. The predicted molar refractivity (Wildman–Crippen MR) is 69.3 cm³/mol. The number of carbonyl (C=O) groups excluding carboxylic acids is 1. The summed E-state index contributed by atoms with van der Waals surface area (Å²) in [5.41, 5.74) is 1.66. The van der Waals surface area contributed by atoms with Crippen LogP contribution in [0.2, 0.25) is 0 Å². The summed E-state index contributed by atoms with van der Waals surface area (Å²) in [6.45, 7) is 4.08. The average Bonchev–Trinajstić information content (AvgIpc) is 2.31. The lowest BCUT2D eigenvalue weighted by Crippen LogP contribution is -2.41. The quantitative estimate of drug-likeness (QED) is 0.809. The van der Waals surface area contributed by atoms with Gasteiger partial charge in [0.1, 0.15) is 9.92 Å². The van der Waals surface area contributed by atoms with Crippen LogP contribution in [0.15, 0.2) is 28.6 Å². The molecule has 0 fully saturated rings. The zero-order valence-electron chi connectivity index (χ0n) is 10.0. The average molecular weight is 252 g/mol. The van der Waals surface area contributed by atoms with Crippen LogP contribution in [0.1, 0.15) is 18.9 Å². The first-order valence-corrected chi connectivity index (χ1v) is 7.32. The van der Waals surface area contributed by atoms with Gasteiger partial charge in [-0.3, -0.25) is 4.79 Å². The van der Waals surface area contributed by atoms with E-state index in [-0.39, 0.29) is 5.91 Å². The van der Waals surface area contributed by atoms with Crippen LogP contribution in [0.4, 0.5) is 5.69 Å². The van der Waals surface area contributed by atoms with E-state index in [1.165, 1.54) is 4.31 Å². The minimum atomic E-state index is -2.58. The first-order chi connectivity index (χ1) is 8.08. The van der Waals surface area contributed by atoms with Crippen molar-refractivity contribution in [1.29, 1.82) is 0 Å². The lowest BCUT2D eigenvalue weighted by molar-refractivity contribution is -0.117. The Kier molecular flexibility index (Phi) is 3.19. The molecule has 2 rings (SSSR count). The Morgan fingerprint density at radius 3 is 2.76 bits per heavy atom. The summed E-state index contributed by atoms with van der Waals surface area (Å²) in [6.07, 6.45) is 0.339. The normalized spacial score (nSPS) is 24.6. The summed E-state index contributed by atoms with van der Waals surface area (Å²) in [4.78, 5) is 12.0. The molecule has 1 aromatic carbocycles. The zero-order chi connectivity index (χ0) is 12.5. The van der Waals surface area contributed by atoms with E-state index in [1.807, 2.05) is 31.2 Å². The van der Waals surface area contributed by atoms with E-state index in [0.717, 1.165) is 5.56 Å². The number of hydrogen-bond acceptors (Lipinski definition) is 3. The summed E-state index contributed by atoms with van der Waals surface area (Å²) < 4.78 is 18.2. The maximum atomic E-state index is 12.6. The van der Waals surface area contributed by atoms with E-state index in [2.05, 4.69) is 4.36 Å². The number of anilines is 1. The molecule has 1 aromatic rings. The van der Waals surface area contributed by atoms with Crippen LogP contribution in [-0.2, 0) is 14.7 Å². The molecule has 92 valence electrons. The Bertz CT molecular complexity index is 559. The van der Waals surface area contributed by atoms with Gasteiger partial charge < -0.3 is 0 Å². The number of aryl methyl sites for hydroxylation is 1. The molecule has 0 spiro atoms. The highest BCUT2D eigenvalue weighted by Gasteiger charge is 2.29. The standard InChI is InChI=1S/C12H16N2O2S/c1-3-17(16)13-9-8-12(15)14(17)11-7-5-4-6-10(11)2/h4-7H,3,8-9H2,1-2H3. The third-order valence-electron chi connectivity index (χ3n) is 2.84. The maximum Gasteiger partial charge on any atom is 0.241 e. The van der Waals surface area contributed by atoms with Crippen LogP contribution in [0.5, 0.6) is 0 Å². The van der Waals surface area contributed by atoms with Gasteiger partial charge in [0.05, 0.1) is 12.2 Å². The number of rotatable bonds is 2. The number of nitrogens with zero attached hydrogens (tertiary/aromatic N) is 2. The molecular formula is C12H16N2O2S. The second-order valence-corrected chi connectivity index (χ2v) is 6.39. The van der Waals surface area contributed by atoms with Gasteiger partial charge in [0, 0.05) is 12.2 Å². The lowest BCUT2D eigenvalue weighted by atomic mass is 10.2. The molecule has 0 saturated carbocycles. The van der Waals surface area contributed by atoms with Gasteiger partial charge in [-0.2, -0.15) is 0 Å². The van der Waals surface area contributed by atoms with Gasteiger partial charge >= 0.3 is 0 Å². The Morgan fingerprint density at radius 1 is 1.41 bits per heavy atom. The van der Waals surface area contributed by atoms with Gasteiger partial charge in [0.15, 0.2) is 0 Å². The SMILES string of the molecule is CCS1(=O)=NCCC(=O)N1c1ccccc1C. The van der Waals surface area contributed by atoms with Crippen molar-refractivity contribution in [2.45, 2.75) is 20.3 Å². The zero-order valence-corrected chi connectivity index (χ0v) is 10.9. The van der Waals surface area contributed by atoms with Crippen molar-refractivity contribution in [2.75, 3.05) is 16.6 Å². The van der Waals surface area contributed by atoms with Crippen molar-refractivity contribution in [3.05, 3.63) is 29.8 Å². The van der Waals surface area contributed by atoms with Crippen molar-refractivity contribution in [1.82, 2.24) is 0 Å². The third kappa shape index (κ3) is 2.07. The summed E-state index contributed by atoms with van der Waals surface area (Å²) >= 11 is 0. The smallest absolute Gasteiger partial charge is 0.241 e. The molecule has 0 aliphatic carbocycles. The van der Waals surface area contributed by atoms with Crippen molar-refractivity contribution >= 4 is 21.5 Å². The molecule has 1 aliphatic heterocycles. The van der Waals surface area contributed by atoms with Gasteiger partial charge in [0.25, 0.3) is 0 Å². The molecule has 0 radical (unpaired) electrons. The summed E-state index contributed by atoms with van der Waals surface area (Å²) in [5, 5.41) is 0. The number of para-hydroxylation sites is 1. The molecule has 0 N–H and O–H groups in total. The minimum Gasteiger partial charge on any atom is -0.273 e. The summed E-state index contributed by atoms with van der Waals surface area (Å²) in [5.74, 6) is 0.272. The molecule has 5 heteroatoms. The lowest BCUT2D eigenvalue weighted by Gasteiger charge is -2.29. The molecule has 0 bridgehead atoms. The fourth-order valence-electron chi connectivity index (χ4n) is 1.90. The fraction of sp³-hybridized carbons (Fsp3) is 0.417. The highest BCUT2D eigenvalue weighted by atomic mass is 32.2. The van der Waals surface area contributed by atoms with Crippen LogP contribution in [-0.4, -0.2) is 22.4 Å². The van der Waals surface area contributed by atoms with Gasteiger partial charge in [-0.1, -0.05) is 25.1 Å². The van der Waals surface area contributed by atoms with E-state index < -0.39 is 9.92 Å². The van der Waals surface area contributed by atoms with E-state index in [9.17, 15) is 9.00 Å². The van der Waals surface area contributed by atoms with E-state index in [1.54, 1.807) is 6.92 Å². The molecule has 1 atom stereocenters. The first kappa shape index (κ1) is 12.1. The van der Waals surface area contributed by atoms with E-state index in [0.29, 0.717) is 24.4 Å². The van der Waals surface area contributed by atoms with Crippen molar-refractivity contribution in [3.63, 3.8) is 0 Å². The van der Waals surface area contributed by atoms with Crippen molar-refractivity contribution in [3.8, 4) is 0 Å². The molecule has 17 heavy (non-hydrogen) atoms. The van der Waals surface area contributed by atoms with Crippen molar-refractivity contribution in [2.24, 2.45) is 4.36 Å². The van der Waals surface area contributed by atoms with Crippen LogP contribution in [0, 0.1) is 6.92 Å². The van der Waals surface area contributed by atoms with Crippen LogP contribution in [0.3, 0.4) is 0 Å².